The molecule has 0 N–H and O–H groups in total. The van der Waals surface area contributed by atoms with Gasteiger partial charge in [0.25, 0.3) is 5.56 Å². The maximum atomic E-state index is 13.5. The molecule has 0 aliphatic heterocycles. The van der Waals surface area contributed by atoms with Gasteiger partial charge in [-0.25, -0.2) is 4.98 Å². The molecule has 0 radical (unpaired) electrons. The van der Waals surface area contributed by atoms with Crippen molar-refractivity contribution in [2.75, 3.05) is 0 Å². The Balaban J connectivity index is 1.99. The fraction of sp³-hybridized carbons (Fsp3) is 0. The number of halogens is 4. The maximum absolute atomic E-state index is 13.5. The summed E-state index contributed by atoms with van der Waals surface area (Å²) in [5.41, 5.74) is 2.22. The number of benzene rings is 3. The average Bonchev–Trinajstić information content (AvgIpc) is 2.70. The van der Waals surface area contributed by atoms with Crippen LogP contribution in [0.5, 0.6) is 0 Å². The van der Waals surface area contributed by atoms with Crippen LogP contribution in [-0.2, 0) is 0 Å². The zero-order valence-electron chi connectivity index (χ0n) is 14.7. The molecule has 144 valence electrons. The summed E-state index contributed by atoms with van der Waals surface area (Å²) in [4.78, 5) is 18.2. The van der Waals surface area contributed by atoms with Crippen molar-refractivity contribution in [3.8, 4) is 5.69 Å². The van der Waals surface area contributed by atoms with Crippen molar-refractivity contribution in [1.29, 1.82) is 0 Å². The minimum Gasteiger partial charge on any atom is -0.268 e. The fourth-order valence-corrected chi connectivity index (χ4v) is 4.31. The van der Waals surface area contributed by atoms with E-state index in [1.807, 2.05) is 72.8 Å². The SMILES string of the molecule is O=c1c2cc(I)ccc2nc(C=Cc2ccc(Cl)cc2)n1-c1cc(Br)ccc1Br. The molecular formula is C22H12Br2ClIN2O. The number of rotatable bonds is 3. The minimum atomic E-state index is -0.122. The molecule has 0 fully saturated rings. The Labute approximate surface area is 202 Å². The summed E-state index contributed by atoms with van der Waals surface area (Å²) >= 11 is 15.2. The van der Waals surface area contributed by atoms with Gasteiger partial charge in [-0.3, -0.25) is 9.36 Å². The lowest BCUT2D eigenvalue weighted by molar-refractivity contribution is 0.938. The van der Waals surface area contributed by atoms with Crippen LogP contribution in [0.4, 0.5) is 0 Å². The third-order valence-corrected chi connectivity index (χ3v) is 6.39. The van der Waals surface area contributed by atoms with Crippen LogP contribution < -0.4 is 5.56 Å². The molecule has 4 rings (SSSR count). The van der Waals surface area contributed by atoms with Crippen LogP contribution in [-0.4, -0.2) is 9.55 Å². The van der Waals surface area contributed by atoms with Gasteiger partial charge in [0.1, 0.15) is 5.82 Å². The van der Waals surface area contributed by atoms with Crippen LogP contribution in [0.2, 0.25) is 5.02 Å². The van der Waals surface area contributed by atoms with Gasteiger partial charge in [0.15, 0.2) is 0 Å². The van der Waals surface area contributed by atoms with E-state index in [9.17, 15) is 4.79 Å². The molecule has 0 amide bonds. The molecule has 0 saturated carbocycles. The Morgan fingerprint density at radius 2 is 1.72 bits per heavy atom. The summed E-state index contributed by atoms with van der Waals surface area (Å²) in [6, 6.07) is 18.9. The van der Waals surface area contributed by atoms with Gasteiger partial charge in [-0.15, -0.1) is 0 Å². The molecule has 1 aromatic heterocycles. The molecule has 3 aromatic carbocycles. The molecule has 4 aromatic rings. The first-order valence-corrected chi connectivity index (χ1v) is 11.6. The monoisotopic (exact) mass is 640 g/mol. The molecule has 0 bridgehead atoms. The van der Waals surface area contributed by atoms with Crippen LogP contribution in [0.3, 0.4) is 0 Å². The summed E-state index contributed by atoms with van der Waals surface area (Å²) < 4.78 is 4.28. The number of aromatic nitrogens is 2. The Kier molecular flexibility index (Phi) is 6.24. The molecule has 29 heavy (non-hydrogen) atoms. The van der Waals surface area contributed by atoms with Crippen LogP contribution in [0.15, 0.2) is 74.4 Å². The Hall–Kier alpha value is -1.48. The van der Waals surface area contributed by atoms with E-state index in [1.165, 1.54) is 0 Å². The molecule has 0 unspecified atom stereocenters. The van der Waals surface area contributed by atoms with Crippen molar-refractivity contribution in [2.45, 2.75) is 0 Å². The number of fused-ring (bicyclic) bond motifs is 1. The largest absolute Gasteiger partial charge is 0.268 e. The second-order valence-corrected chi connectivity index (χ2v) is 9.70. The standard InChI is InChI=1S/C22H12Br2ClIN2O/c23-14-4-8-18(24)20(11-14)28-21(10-3-13-1-5-15(25)6-2-13)27-19-9-7-16(26)12-17(19)22(28)29/h1-12H. The molecule has 7 heteroatoms. The number of hydrogen-bond donors (Lipinski definition) is 0. The van der Waals surface area contributed by atoms with Crippen LogP contribution in [0.1, 0.15) is 11.4 Å². The Morgan fingerprint density at radius 1 is 0.966 bits per heavy atom. The first kappa shape index (κ1) is 20.8. The van der Waals surface area contributed by atoms with Crippen LogP contribution in [0, 0.1) is 3.57 Å². The average molecular weight is 643 g/mol. The highest BCUT2D eigenvalue weighted by Gasteiger charge is 2.14. The first-order valence-electron chi connectivity index (χ1n) is 8.54. The molecular weight excluding hydrogens is 630 g/mol. The van der Waals surface area contributed by atoms with Gasteiger partial charge < -0.3 is 0 Å². The maximum Gasteiger partial charge on any atom is 0.266 e. The van der Waals surface area contributed by atoms with E-state index in [4.69, 9.17) is 16.6 Å². The summed E-state index contributed by atoms with van der Waals surface area (Å²) in [7, 11) is 0. The van der Waals surface area contributed by atoms with Gasteiger partial charge in [-0.2, -0.15) is 0 Å². The highest BCUT2D eigenvalue weighted by molar-refractivity contribution is 14.1. The van der Waals surface area contributed by atoms with Gasteiger partial charge in [0.2, 0.25) is 0 Å². The summed E-state index contributed by atoms with van der Waals surface area (Å²) in [6.07, 6.45) is 3.76. The van der Waals surface area contributed by atoms with Gasteiger partial charge >= 0.3 is 0 Å². The lowest BCUT2D eigenvalue weighted by atomic mass is 10.2. The quantitative estimate of drug-likeness (QED) is 0.219. The first-order chi connectivity index (χ1) is 13.9. The van der Waals surface area contributed by atoms with E-state index >= 15 is 0 Å². The van der Waals surface area contributed by atoms with E-state index in [0.29, 0.717) is 27.4 Å². The normalized spacial score (nSPS) is 11.4. The second kappa shape index (κ2) is 8.71. The smallest absolute Gasteiger partial charge is 0.266 e. The number of nitrogens with zero attached hydrogens (tertiary/aromatic N) is 2. The lowest BCUT2D eigenvalue weighted by Gasteiger charge is -2.13. The van der Waals surface area contributed by atoms with Gasteiger partial charge in [0, 0.05) is 17.5 Å². The topological polar surface area (TPSA) is 34.9 Å². The van der Waals surface area contributed by atoms with E-state index in [0.717, 1.165) is 18.1 Å². The summed E-state index contributed by atoms with van der Waals surface area (Å²) in [5, 5.41) is 1.25. The zero-order valence-corrected chi connectivity index (χ0v) is 20.8. The Morgan fingerprint density at radius 3 is 2.48 bits per heavy atom. The lowest BCUT2D eigenvalue weighted by Crippen LogP contribution is -2.22. The van der Waals surface area contributed by atoms with Gasteiger partial charge in [0.05, 0.1) is 16.6 Å². The molecule has 3 nitrogen and oxygen atoms in total. The molecule has 0 saturated heterocycles. The van der Waals surface area contributed by atoms with Crippen molar-refractivity contribution in [3.63, 3.8) is 0 Å². The van der Waals surface area contributed by atoms with E-state index in [1.54, 1.807) is 4.57 Å². The third-order valence-electron chi connectivity index (χ3n) is 4.30. The van der Waals surface area contributed by atoms with E-state index < -0.39 is 0 Å². The van der Waals surface area contributed by atoms with Gasteiger partial charge in [-0.05, 0) is 98.7 Å². The van der Waals surface area contributed by atoms with E-state index in [-0.39, 0.29) is 5.56 Å². The molecule has 0 atom stereocenters. The minimum absolute atomic E-state index is 0.122. The third kappa shape index (κ3) is 4.50. The fourth-order valence-electron chi connectivity index (χ4n) is 2.92. The van der Waals surface area contributed by atoms with Crippen molar-refractivity contribution < 1.29 is 0 Å². The molecule has 0 spiro atoms. The van der Waals surface area contributed by atoms with E-state index in [2.05, 4.69) is 54.5 Å². The van der Waals surface area contributed by atoms with Crippen LogP contribution >= 0.6 is 66.1 Å². The molecule has 1 heterocycles. The predicted octanol–water partition coefficient (Wildman–Crippen LogP) is 7.34. The predicted molar refractivity (Wildman–Crippen MR) is 136 cm³/mol. The second-order valence-electron chi connectivity index (χ2n) is 6.25. The van der Waals surface area contributed by atoms with Crippen molar-refractivity contribution in [1.82, 2.24) is 9.55 Å². The van der Waals surface area contributed by atoms with Crippen LogP contribution in [0.25, 0.3) is 28.7 Å². The summed E-state index contributed by atoms with van der Waals surface area (Å²) in [5.74, 6) is 0.539. The van der Waals surface area contributed by atoms with Crippen molar-refractivity contribution >= 4 is 89.1 Å². The highest BCUT2D eigenvalue weighted by Crippen LogP contribution is 2.26. The van der Waals surface area contributed by atoms with Gasteiger partial charge in [-0.1, -0.05) is 45.7 Å². The Bertz CT molecular complexity index is 1320. The number of hydrogen-bond acceptors (Lipinski definition) is 2. The molecule has 0 aliphatic carbocycles. The molecule has 0 aliphatic rings. The zero-order chi connectivity index (χ0) is 20.5. The van der Waals surface area contributed by atoms with Crippen molar-refractivity contribution in [3.05, 3.63) is 99.9 Å². The highest BCUT2D eigenvalue weighted by atomic mass is 127. The summed E-state index contributed by atoms with van der Waals surface area (Å²) in [6.45, 7) is 0. The van der Waals surface area contributed by atoms with Crippen molar-refractivity contribution in [2.24, 2.45) is 0 Å².